The van der Waals surface area contributed by atoms with Crippen LogP contribution in [-0.4, -0.2) is 96.6 Å². The van der Waals surface area contributed by atoms with Crippen molar-refractivity contribution in [1.29, 1.82) is 0 Å². The fourth-order valence-corrected chi connectivity index (χ4v) is 2.96. The lowest BCUT2D eigenvalue weighted by molar-refractivity contribution is -0.179. The molecule has 0 aromatic rings. The number of methoxy groups -OCH3 is 2. The number of nitrogens with zero attached hydrogens (tertiary/aromatic N) is 2. The fraction of sp³-hybridized carbons (Fsp3) is 0.826. The largest absolute Gasteiger partial charge is 0.383 e. The maximum absolute atomic E-state index is 11.5. The molecule has 31 heavy (non-hydrogen) atoms. The van der Waals surface area contributed by atoms with Crippen molar-refractivity contribution in [1.82, 2.24) is 9.80 Å². The van der Waals surface area contributed by atoms with E-state index in [4.69, 9.17) is 18.9 Å². The van der Waals surface area contributed by atoms with Crippen LogP contribution in [0.4, 0.5) is 0 Å². The number of ether oxygens (including phenoxy) is 4. The smallest absolute Gasteiger partial charge is 0.217 e. The molecule has 0 aromatic carbocycles. The van der Waals surface area contributed by atoms with E-state index in [2.05, 4.69) is 0 Å². The van der Waals surface area contributed by atoms with E-state index in [1.165, 1.54) is 0 Å². The van der Waals surface area contributed by atoms with Crippen molar-refractivity contribution >= 4 is 11.6 Å². The van der Waals surface area contributed by atoms with E-state index < -0.39 is 0 Å². The van der Waals surface area contributed by atoms with Gasteiger partial charge >= 0.3 is 0 Å². The average Bonchev–Trinajstić information content (AvgIpc) is 2.75. The summed E-state index contributed by atoms with van der Waals surface area (Å²) >= 11 is 0. The molecule has 0 spiro atoms. The van der Waals surface area contributed by atoms with E-state index in [-0.39, 0.29) is 25.5 Å². The van der Waals surface area contributed by atoms with Gasteiger partial charge in [-0.2, -0.15) is 0 Å². The first-order valence-corrected chi connectivity index (χ1v) is 10.5. The molecule has 0 saturated carbocycles. The van der Waals surface area contributed by atoms with E-state index in [0.717, 1.165) is 52.1 Å². The van der Waals surface area contributed by atoms with Crippen LogP contribution in [0.25, 0.3) is 0 Å². The van der Waals surface area contributed by atoms with Crippen LogP contribution in [0.15, 0.2) is 12.3 Å². The van der Waals surface area contributed by atoms with Crippen LogP contribution in [0, 0.1) is 11.8 Å². The molecule has 8 heteroatoms. The summed E-state index contributed by atoms with van der Waals surface area (Å²) in [5.74, 6) is 1.03. The van der Waals surface area contributed by atoms with Gasteiger partial charge in [-0.3, -0.25) is 14.5 Å². The first kappa shape index (κ1) is 31.9. The normalized spacial score (nSPS) is 17.3. The Morgan fingerprint density at radius 3 is 1.55 bits per heavy atom. The molecule has 8 nitrogen and oxygen atoms in total. The lowest BCUT2D eigenvalue weighted by Gasteiger charge is -2.19. The minimum Gasteiger partial charge on any atom is -0.383 e. The SMILES string of the molecule is C.CC(=O)C1CCOCC1.CN(C)/C=C/C(=O)C1CCOCC1.COC(OC)N(C)C. The van der Waals surface area contributed by atoms with E-state index in [1.807, 2.05) is 38.0 Å². The summed E-state index contributed by atoms with van der Waals surface area (Å²) in [6.45, 7) is 4.66. The van der Waals surface area contributed by atoms with E-state index >= 15 is 0 Å². The molecule has 0 aliphatic carbocycles. The highest BCUT2D eigenvalue weighted by molar-refractivity contribution is 5.91. The highest BCUT2D eigenvalue weighted by atomic mass is 16.7. The van der Waals surface area contributed by atoms with Gasteiger partial charge in [0, 0.05) is 72.8 Å². The number of rotatable bonds is 7. The van der Waals surface area contributed by atoms with Crippen LogP contribution in [0.1, 0.15) is 40.0 Å². The number of Topliss-reactive ketones (excluding diaryl/α,β-unsaturated/α-hetero) is 1. The van der Waals surface area contributed by atoms with Crippen molar-refractivity contribution in [2.45, 2.75) is 46.4 Å². The Kier molecular flexibility index (Phi) is 19.9. The molecule has 0 amide bonds. The predicted molar refractivity (Wildman–Crippen MR) is 124 cm³/mol. The molecule has 2 heterocycles. The predicted octanol–water partition coefficient (Wildman–Crippen LogP) is 2.82. The molecular formula is C23H46N2O6. The van der Waals surface area contributed by atoms with Gasteiger partial charge in [-0.15, -0.1) is 0 Å². The molecule has 184 valence electrons. The third-order valence-electron chi connectivity index (χ3n) is 4.78. The van der Waals surface area contributed by atoms with Crippen molar-refractivity contribution in [2.24, 2.45) is 11.8 Å². The van der Waals surface area contributed by atoms with Crippen molar-refractivity contribution in [3.05, 3.63) is 12.3 Å². The Morgan fingerprint density at radius 1 is 0.871 bits per heavy atom. The van der Waals surface area contributed by atoms with Crippen LogP contribution < -0.4 is 0 Å². The summed E-state index contributed by atoms with van der Waals surface area (Å²) in [6, 6.07) is 0. The van der Waals surface area contributed by atoms with Crippen LogP contribution in [0.5, 0.6) is 0 Å². The van der Waals surface area contributed by atoms with Gasteiger partial charge in [-0.1, -0.05) is 7.43 Å². The van der Waals surface area contributed by atoms with Gasteiger partial charge in [0.05, 0.1) is 0 Å². The molecular weight excluding hydrogens is 400 g/mol. The van der Waals surface area contributed by atoms with Gasteiger partial charge in [-0.05, 0) is 52.8 Å². The van der Waals surface area contributed by atoms with Gasteiger partial charge in [0.25, 0.3) is 0 Å². The maximum Gasteiger partial charge on any atom is 0.217 e. The van der Waals surface area contributed by atoms with Crippen LogP contribution in [0.2, 0.25) is 0 Å². The number of hydrogen-bond acceptors (Lipinski definition) is 8. The summed E-state index contributed by atoms with van der Waals surface area (Å²) in [7, 11) is 10.8. The molecule has 0 unspecified atom stereocenters. The summed E-state index contributed by atoms with van der Waals surface area (Å²) in [4.78, 5) is 26.0. The number of ketones is 2. The van der Waals surface area contributed by atoms with Crippen LogP contribution in [-0.2, 0) is 28.5 Å². The number of carbonyl (C=O) groups excluding carboxylic acids is 2. The van der Waals surface area contributed by atoms with Crippen molar-refractivity contribution in [3.8, 4) is 0 Å². The topological polar surface area (TPSA) is 77.5 Å². The van der Waals surface area contributed by atoms with Gasteiger partial charge in [-0.25, -0.2) is 0 Å². The zero-order valence-electron chi connectivity index (χ0n) is 19.9. The lowest BCUT2D eigenvalue weighted by atomic mass is 9.95. The quantitative estimate of drug-likeness (QED) is 0.436. The molecule has 0 atom stereocenters. The van der Waals surface area contributed by atoms with Gasteiger partial charge in [0.2, 0.25) is 6.41 Å². The highest BCUT2D eigenvalue weighted by Crippen LogP contribution is 2.16. The van der Waals surface area contributed by atoms with Crippen molar-refractivity contribution in [3.63, 3.8) is 0 Å². The molecule has 2 fully saturated rings. The monoisotopic (exact) mass is 446 g/mol. The molecule has 2 rings (SSSR count). The Balaban J connectivity index is 0. The molecule has 0 bridgehead atoms. The van der Waals surface area contributed by atoms with E-state index in [1.54, 1.807) is 33.4 Å². The lowest BCUT2D eigenvalue weighted by Crippen LogP contribution is -2.30. The average molecular weight is 447 g/mol. The highest BCUT2D eigenvalue weighted by Gasteiger charge is 2.19. The summed E-state index contributed by atoms with van der Waals surface area (Å²) in [5.41, 5.74) is 0. The standard InChI is InChI=1S/C10H17NO2.C7H12O2.C5H13NO2.CH4/c1-11(2)6-3-10(12)9-4-7-13-8-5-9;1-6(8)7-2-4-9-5-3-7;1-6(2)5(7-3)8-4;/h3,6,9H,4-5,7-8H2,1-2H3;7H,2-5H2,1H3;5H,1-4H3;1H4/b6-3+;;;. The zero-order valence-corrected chi connectivity index (χ0v) is 19.9. The molecule has 2 aliphatic rings. The number of allylic oxidation sites excluding steroid dienone is 1. The molecule has 0 aromatic heterocycles. The van der Waals surface area contributed by atoms with Crippen molar-refractivity contribution in [2.75, 3.05) is 68.8 Å². The second-order valence-corrected chi connectivity index (χ2v) is 7.81. The third kappa shape index (κ3) is 16.0. The van der Waals surface area contributed by atoms with E-state index in [9.17, 15) is 9.59 Å². The Labute approximate surface area is 189 Å². The second kappa shape index (κ2) is 19.4. The fourth-order valence-electron chi connectivity index (χ4n) is 2.96. The van der Waals surface area contributed by atoms with Crippen LogP contribution in [0.3, 0.4) is 0 Å². The number of hydrogen-bond donors (Lipinski definition) is 0. The first-order chi connectivity index (χ1) is 14.2. The Bertz CT molecular complexity index is 480. The second-order valence-electron chi connectivity index (χ2n) is 7.81. The maximum atomic E-state index is 11.5. The zero-order chi connectivity index (χ0) is 22.9. The first-order valence-electron chi connectivity index (χ1n) is 10.5. The molecule has 2 saturated heterocycles. The van der Waals surface area contributed by atoms with Gasteiger partial charge in [0.1, 0.15) is 5.78 Å². The summed E-state index contributed by atoms with van der Waals surface area (Å²) in [6.07, 6.45) is 6.85. The van der Waals surface area contributed by atoms with Crippen molar-refractivity contribution < 1.29 is 28.5 Å². The minimum atomic E-state index is -0.213. The molecule has 0 radical (unpaired) electrons. The van der Waals surface area contributed by atoms with Gasteiger partial charge in [0.15, 0.2) is 5.78 Å². The third-order valence-corrected chi connectivity index (χ3v) is 4.78. The molecule has 2 aliphatic heterocycles. The summed E-state index contributed by atoms with van der Waals surface area (Å²) in [5, 5.41) is 0. The van der Waals surface area contributed by atoms with Gasteiger partial charge < -0.3 is 23.8 Å². The molecule has 0 N–H and O–H groups in total. The van der Waals surface area contributed by atoms with Crippen LogP contribution >= 0.6 is 0 Å². The van der Waals surface area contributed by atoms with E-state index in [0.29, 0.717) is 11.7 Å². The minimum absolute atomic E-state index is 0. The summed E-state index contributed by atoms with van der Waals surface area (Å²) < 4.78 is 20.0. The Morgan fingerprint density at radius 2 is 1.29 bits per heavy atom. The Hall–Kier alpha value is -1.32. The number of carbonyl (C=O) groups is 2.